The third-order valence-corrected chi connectivity index (χ3v) is 6.36. The standard InChI is InChI=1S/C18H27N5O.2ClH/c24-18-3-1-2-17-14-6-13(10-22(17)18)9-21(11-14)12-15-7-16-8-19-4-5-23(16)20-15;;/h7,13-14,17,19H,1-6,8-12H2;2*1H/t13-,14+,17+;;/m1../s1. The van der Waals surface area contributed by atoms with E-state index in [1.54, 1.807) is 0 Å². The van der Waals surface area contributed by atoms with Crippen LogP contribution in [-0.4, -0.2) is 57.7 Å². The second-order valence-corrected chi connectivity index (χ2v) is 8.09. The third kappa shape index (κ3) is 3.61. The van der Waals surface area contributed by atoms with Crippen molar-refractivity contribution >= 4 is 30.7 Å². The molecule has 0 spiro atoms. The van der Waals surface area contributed by atoms with Crippen LogP contribution < -0.4 is 5.32 Å². The van der Waals surface area contributed by atoms with Gasteiger partial charge in [-0.25, -0.2) is 0 Å². The Bertz CT molecular complexity index is 628. The van der Waals surface area contributed by atoms with Crippen LogP contribution in [0.3, 0.4) is 0 Å². The number of nitrogens with zero attached hydrogens (tertiary/aromatic N) is 4. The lowest BCUT2D eigenvalue weighted by atomic mass is 9.76. The number of carbonyl (C=O) groups is 1. The normalized spacial score (nSPS) is 30.7. The van der Waals surface area contributed by atoms with E-state index in [-0.39, 0.29) is 24.8 Å². The number of hydrogen-bond donors (Lipinski definition) is 1. The number of halogens is 2. The van der Waals surface area contributed by atoms with Crippen LogP contribution in [0.15, 0.2) is 6.07 Å². The van der Waals surface area contributed by atoms with Gasteiger partial charge in [-0.1, -0.05) is 0 Å². The zero-order valence-electron chi connectivity index (χ0n) is 15.1. The number of aromatic nitrogens is 2. The van der Waals surface area contributed by atoms with Crippen molar-refractivity contribution in [3.8, 4) is 0 Å². The van der Waals surface area contributed by atoms with Crippen LogP contribution in [0.25, 0.3) is 0 Å². The van der Waals surface area contributed by atoms with Crippen LogP contribution in [0, 0.1) is 11.8 Å². The van der Waals surface area contributed by atoms with Gasteiger partial charge in [0.05, 0.1) is 17.9 Å². The molecule has 4 aliphatic heterocycles. The van der Waals surface area contributed by atoms with Crippen LogP contribution in [0.5, 0.6) is 0 Å². The van der Waals surface area contributed by atoms with Crippen LogP contribution in [0.1, 0.15) is 37.1 Å². The van der Waals surface area contributed by atoms with E-state index in [0.29, 0.717) is 23.8 Å². The Morgan fingerprint density at radius 3 is 2.96 bits per heavy atom. The molecule has 1 N–H and O–H groups in total. The number of amides is 1. The molecule has 3 saturated heterocycles. The molecule has 8 heteroatoms. The van der Waals surface area contributed by atoms with Crippen LogP contribution in [0.4, 0.5) is 0 Å². The fourth-order valence-electron chi connectivity index (χ4n) is 5.40. The largest absolute Gasteiger partial charge is 0.339 e. The minimum Gasteiger partial charge on any atom is -0.339 e. The van der Waals surface area contributed by atoms with Gasteiger partial charge in [0.25, 0.3) is 0 Å². The molecule has 3 atom stereocenters. The molecule has 3 fully saturated rings. The summed E-state index contributed by atoms with van der Waals surface area (Å²) in [7, 11) is 0. The lowest BCUT2D eigenvalue weighted by molar-refractivity contribution is -0.145. The molecular weight excluding hydrogens is 373 g/mol. The first-order valence-corrected chi connectivity index (χ1v) is 9.54. The second-order valence-electron chi connectivity index (χ2n) is 8.09. The highest BCUT2D eigenvalue weighted by Gasteiger charge is 2.43. The fraction of sp³-hybridized carbons (Fsp3) is 0.778. The van der Waals surface area contributed by atoms with Crippen molar-refractivity contribution in [2.75, 3.05) is 26.2 Å². The molecule has 26 heavy (non-hydrogen) atoms. The summed E-state index contributed by atoms with van der Waals surface area (Å²) in [6.45, 7) is 7.15. The van der Waals surface area contributed by atoms with Crippen LogP contribution in [-0.2, 0) is 24.4 Å². The van der Waals surface area contributed by atoms with Gasteiger partial charge in [-0.15, -0.1) is 24.8 Å². The van der Waals surface area contributed by atoms with E-state index in [4.69, 9.17) is 5.10 Å². The molecule has 5 rings (SSSR count). The van der Waals surface area contributed by atoms with Crippen molar-refractivity contribution in [2.24, 2.45) is 11.8 Å². The van der Waals surface area contributed by atoms with Gasteiger partial charge in [-0.2, -0.15) is 5.10 Å². The van der Waals surface area contributed by atoms with Crippen molar-refractivity contribution in [2.45, 2.75) is 51.4 Å². The molecule has 0 aromatic carbocycles. The van der Waals surface area contributed by atoms with Crippen molar-refractivity contribution in [3.05, 3.63) is 17.5 Å². The molecule has 2 bridgehead atoms. The van der Waals surface area contributed by atoms with Gasteiger partial charge in [0.1, 0.15) is 0 Å². The Morgan fingerprint density at radius 2 is 2.12 bits per heavy atom. The van der Waals surface area contributed by atoms with Crippen molar-refractivity contribution < 1.29 is 4.79 Å². The summed E-state index contributed by atoms with van der Waals surface area (Å²) in [5.74, 6) is 1.73. The van der Waals surface area contributed by atoms with Crippen molar-refractivity contribution in [3.63, 3.8) is 0 Å². The topological polar surface area (TPSA) is 53.4 Å². The van der Waals surface area contributed by atoms with E-state index in [9.17, 15) is 4.79 Å². The molecule has 146 valence electrons. The van der Waals surface area contributed by atoms with E-state index >= 15 is 0 Å². The maximum Gasteiger partial charge on any atom is 0.222 e. The van der Waals surface area contributed by atoms with E-state index in [2.05, 4.69) is 25.9 Å². The zero-order valence-corrected chi connectivity index (χ0v) is 16.7. The summed E-state index contributed by atoms with van der Waals surface area (Å²) in [6.07, 6.45) is 4.38. The molecule has 1 amide bonds. The average Bonchev–Trinajstić information content (AvgIpc) is 2.98. The number of nitrogens with one attached hydrogen (secondary N) is 1. The van der Waals surface area contributed by atoms with Gasteiger partial charge < -0.3 is 10.2 Å². The first kappa shape index (κ1) is 19.9. The lowest BCUT2D eigenvalue weighted by Gasteiger charge is -2.52. The highest BCUT2D eigenvalue weighted by atomic mass is 35.5. The second kappa shape index (κ2) is 8.05. The number of hydrogen-bond acceptors (Lipinski definition) is 4. The first-order chi connectivity index (χ1) is 11.8. The van der Waals surface area contributed by atoms with Gasteiger partial charge in [-0.3, -0.25) is 14.4 Å². The van der Waals surface area contributed by atoms with Crippen LogP contribution in [0.2, 0.25) is 0 Å². The number of piperidine rings is 3. The molecule has 0 aliphatic carbocycles. The molecule has 6 nitrogen and oxygen atoms in total. The monoisotopic (exact) mass is 401 g/mol. The summed E-state index contributed by atoms with van der Waals surface area (Å²) < 4.78 is 2.16. The van der Waals surface area contributed by atoms with Gasteiger partial charge >= 0.3 is 0 Å². The minimum atomic E-state index is 0. The quantitative estimate of drug-likeness (QED) is 0.818. The van der Waals surface area contributed by atoms with Gasteiger partial charge in [-0.05, 0) is 37.2 Å². The lowest BCUT2D eigenvalue weighted by Crippen LogP contribution is -2.60. The van der Waals surface area contributed by atoms with E-state index in [1.165, 1.54) is 24.2 Å². The summed E-state index contributed by atoms with van der Waals surface area (Å²) in [6, 6.07) is 2.78. The number of fused-ring (bicyclic) bond motifs is 5. The fourth-order valence-corrected chi connectivity index (χ4v) is 5.40. The highest BCUT2D eigenvalue weighted by Crippen LogP contribution is 2.38. The molecule has 1 aromatic heterocycles. The zero-order chi connectivity index (χ0) is 16.1. The first-order valence-electron chi connectivity index (χ1n) is 9.54. The van der Waals surface area contributed by atoms with Gasteiger partial charge in [0.15, 0.2) is 0 Å². The molecule has 0 radical (unpaired) electrons. The molecule has 0 unspecified atom stereocenters. The highest BCUT2D eigenvalue weighted by molar-refractivity contribution is 5.85. The number of likely N-dealkylation sites (tertiary alicyclic amines) is 1. The Hall–Kier alpha value is -0.820. The van der Waals surface area contributed by atoms with E-state index in [0.717, 1.165) is 58.7 Å². The maximum absolute atomic E-state index is 12.2. The molecule has 0 saturated carbocycles. The van der Waals surface area contributed by atoms with Gasteiger partial charge in [0, 0.05) is 51.7 Å². The predicted molar refractivity (Wildman–Crippen MR) is 105 cm³/mol. The van der Waals surface area contributed by atoms with Crippen molar-refractivity contribution in [1.29, 1.82) is 0 Å². The summed E-state index contributed by atoms with van der Waals surface area (Å²) in [5, 5.41) is 8.22. The summed E-state index contributed by atoms with van der Waals surface area (Å²) in [5.41, 5.74) is 2.53. The molecule has 5 heterocycles. The predicted octanol–water partition coefficient (Wildman–Crippen LogP) is 1.66. The Morgan fingerprint density at radius 1 is 1.23 bits per heavy atom. The molecular formula is C18H29Cl2N5O. The van der Waals surface area contributed by atoms with E-state index in [1.807, 2.05) is 0 Å². The smallest absolute Gasteiger partial charge is 0.222 e. The van der Waals surface area contributed by atoms with Crippen molar-refractivity contribution in [1.82, 2.24) is 24.9 Å². The Balaban J connectivity index is 0.000000980. The maximum atomic E-state index is 12.2. The number of carbonyl (C=O) groups excluding carboxylic acids is 1. The third-order valence-electron chi connectivity index (χ3n) is 6.36. The number of rotatable bonds is 2. The van der Waals surface area contributed by atoms with E-state index < -0.39 is 0 Å². The van der Waals surface area contributed by atoms with Crippen LogP contribution >= 0.6 is 24.8 Å². The average molecular weight is 402 g/mol. The summed E-state index contributed by atoms with van der Waals surface area (Å²) >= 11 is 0. The molecule has 1 aromatic rings. The summed E-state index contributed by atoms with van der Waals surface area (Å²) in [4.78, 5) is 17.1. The minimum absolute atomic E-state index is 0. The molecule has 4 aliphatic rings. The Kier molecular flexibility index (Phi) is 6.17. The van der Waals surface area contributed by atoms with Gasteiger partial charge in [0.2, 0.25) is 5.91 Å². The Labute approximate surface area is 167 Å². The SMILES string of the molecule is Cl.Cl.O=C1CCC[C@H]2[C@H]3C[C@H](CN(Cc4cc5n(n4)CCNC5)C3)CN12.